The van der Waals surface area contributed by atoms with E-state index in [-0.39, 0.29) is 0 Å². The Labute approximate surface area is 49.6 Å². The van der Waals surface area contributed by atoms with E-state index in [1.807, 2.05) is 5.57 Å². The van der Waals surface area contributed by atoms with Gasteiger partial charge in [0.1, 0.15) is 0 Å². The smallest absolute Gasteiger partial charge is 0.0137 e. The highest BCUT2D eigenvalue weighted by atomic mass is 14.6. The van der Waals surface area contributed by atoms with Crippen LogP contribution in [0.3, 0.4) is 0 Å². The molecule has 42 valence electrons. The van der Waals surface area contributed by atoms with Gasteiger partial charge in [0.15, 0.2) is 0 Å². The highest BCUT2D eigenvalue weighted by Crippen LogP contribution is 2.68. The maximum atomic E-state index is 2.48. The third-order valence-electron chi connectivity index (χ3n) is 3.14. The summed E-state index contributed by atoms with van der Waals surface area (Å²) >= 11 is 0. The first-order valence-corrected chi connectivity index (χ1v) is 3.66. The molecule has 3 atom stereocenters. The van der Waals surface area contributed by atoms with Gasteiger partial charge in [0.25, 0.3) is 0 Å². The van der Waals surface area contributed by atoms with Gasteiger partial charge in [0, 0.05) is 0 Å². The van der Waals surface area contributed by atoms with E-state index in [2.05, 4.69) is 6.08 Å². The number of rotatable bonds is 0. The first-order chi connectivity index (χ1) is 3.97. The van der Waals surface area contributed by atoms with E-state index in [0.29, 0.717) is 0 Å². The van der Waals surface area contributed by atoms with Gasteiger partial charge < -0.3 is 0 Å². The molecule has 2 saturated carbocycles. The van der Waals surface area contributed by atoms with Crippen molar-refractivity contribution in [2.75, 3.05) is 0 Å². The maximum Gasteiger partial charge on any atom is -0.0137 e. The molecule has 3 aliphatic carbocycles. The molecule has 0 nitrogen and oxygen atoms in total. The molecule has 0 aromatic carbocycles. The molecule has 0 saturated heterocycles. The molecular formula is C8H10. The Bertz CT molecular complexity index is 167. The number of allylic oxidation sites excluding steroid dienone is 2. The van der Waals surface area contributed by atoms with Crippen LogP contribution < -0.4 is 0 Å². The van der Waals surface area contributed by atoms with Crippen molar-refractivity contribution >= 4 is 0 Å². The zero-order valence-corrected chi connectivity index (χ0v) is 4.93. The lowest BCUT2D eigenvalue weighted by Crippen LogP contribution is -2.02. The molecule has 8 heavy (non-hydrogen) atoms. The summed E-state index contributed by atoms with van der Waals surface area (Å²) in [4.78, 5) is 0. The number of fused-ring (bicyclic) bond motifs is 1. The number of hydrogen-bond donors (Lipinski definition) is 0. The van der Waals surface area contributed by atoms with E-state index >= 15 is 0 Å². The second-order valence-corrected chi connectivity index (χ2v) is 3.41. The molecule has 0 N–H and O–H groups in total. The van der Waals surface area contributed by atoms with E-state index < -0.39 is 0 Å². The molecular weight excluding hydrogens is 96.1 g/mol. The number of hydrogen-bond acceptors (Lipinski definition) is 0. The van der Waals surface area contributed by atoms with Gasteiger partial charge in [0.05, 0.1) is 0 Å². The van der Waals surface area contributed by atoms with Gasteiger partial charge in [-0.1, -0.05) is 11.6 Å². The van der Waals surface area contributed by atoms with Gasteiger partial charge in [-0.05, 0) is 37.0 Å². The summed E-state index contributed by atoms with van der Waals surface area (Å²) in [6.45, 7) is 0. The molecule has 0 heteroatoms. The van der Waals surface area contributed by atoms with E-state index in [0.717, 1.165) is 5.92 Å². The molecule has 3 aliphatic rings. The fourth-order valence-corrected chi connectivity index (χ4v) is 2.60. The Hall–Kier alpha value is -0.260. The molecule has 0 spiro atoms. The van der Waals surface area contributed by atoms with Gasteiger partial charge in [-0.15, -0.1) is 0 Å². The largest absolute Gasteiger partial charge is 0.0850 e. The minimum atomic E-state index is 1.13. The molecule has 0 amide bonds. The van der Waals surface area contributed by atoms with Gasteiger partial charge in [-0.3, -0.25) is 0 Å². The average molecular weight is 106 g/mol. The molecule has 0 aromatic heterocycles. The summed E-state index contributed by atoms with van der Waals surface area (Å²) in [5, 5.41) is 0. The van der Waals surface area contributed by atoms with Crippen LogP contribution in [0, 0.1) is 17.8 Å². The monoisotopic (exact) mass is 106 g/mol. The highest BCUT2D eigenvalue weighted by molar-refractivity contribution is 5.33. The van der Waals surface area contributed by atoms with Crippen molar-refractivity contribution in [1.82, 2.24) is 0 Å². The zero-order chi connectivity index (χ0) is 5.14. The SMILES string of the molecule is C1=C2CC3[C@@H]2[C@H]3CC1. The Morgan fingerprint density at radius 1 is 1.38 bits per heavy atom. The Kier molecular flexibility index (Phi) is 0.415. The van der Waals surface area contributed by atoms with E-state index in [1.165, 1.54) is 31.1 Å². The topological polar surface area (TPSA) is 0 Å². The highest BCUT2D eigenvalue weighted by Gasteiger charge is 2.60. The van der Waals surface area contributed by atoms with Crippen LogP contribution in [0.15, 0.2) is 11.6 Å². The molecule has 3 rings (SSSR count). The maximum absolute atomic E-state index is 2.48. The minimum absolute atomic E-state index is 1.13. The Morgan fingerprint density at radius 2 is 2.38 bits per heavy atom. The first-order valence-electron chi connectivity index (χ1n) is 3.66. The van der Waals surface area contributed by atoms with Crippen LogP contribution in [0.5, 0.6) is 0 Å². The summed E-state index contributed by atoms with van der Waals surface area (Å²) in [5.74, 6) is 3.49. The van der Waals surface area contributed by atoms with Gasteiger partial charge in [0.2, 0.25) is 0 Å². The quantitative estimate of drug-likeness (QED) is 0.414. The molecule has 0 aliphatic heterocycles. The summed E-state index contributed by atoms with van der Waals surface area (Å²) in [7, 11) is 0. The van der Waals surface area contributed by atoms with Crippen LogP contribution in [0.25, 0.3) is 0 Å². The van der Waals surface area contributed by atoms with Crippen molar-refractivity contribution < 1.29 is 0 Å². The summed E-state index contributed by atoms with van der Waals surface area (Å²) in [6, 6.07) is 0. The van der Waals surface area contributed by atoms with Crippen LogP contribution in [0.2, 0.25) is 0 Å². The predicted molar refractivity (Wildman–Crippen MR) is 32.4 cm³/mol. The fraction of sp³-hybridized carbons (Fsp3) is 0.750. The first kappa shape index (κ1) is 3.71. The van der Waals surface area contributed by atoms with Crippen LogP contribution in [-0.2, 0) is 0 Å². The Balaban J connectivity index is 2.10. The lowest BCUT2D eigenvalue weighted by molar-refractivity contribution is 0.617. The van der Waals surface area contributed by atoms with Crippen molar-refractivity contribution in [3.05, 3.63) is 11.6 Å². The van der Waals surface area contributed by atoms with Crippen LogP contribution >= 0.6 is 0 Å². The summed E-state index contributed by atoms with van der Waals surface area (Å²) < 4.78 is 0. The van der Waals surface area contributed by atoms with Crippen molar-refractivity contribution in [2.24, 2.45) is 17.8 Å². The lowest BCUT2D eigenvalue weighted by Gasteiger charge is -2.15. The van der Waals surface area contributed by atoms with Crippen LogP contribution in [-0.4, -0.2) is 0 Å². The van der Waals surface area contributed by atoms with Crippen molar-refractivity contribution in [1.29, 1.82) is 0 Å². The molecule has 0 radical (unpaired) electrons. The second kappa shape index (κ2) is 0.896. The fourth-order valence-electron chi connectivity index (χ4n) is 2.60. The second-order valence-electron chi connectivity index (χ2n) is 3.41. The zero-order valence-electron chi connectivity index (χ0n) is 4.93. The van der Waals surface area contributed by atoms with Crippen molar-refractivity contribution in [3.63, 3.8) is 0 Å². The standard InChI is InChI=1S/C8H10/c1-2-5-4-7-6(3-1)8(5)7/h2,6-8H,1,3-4H2/t6-,7?,8-/m0/s1. The van der Waals surface area contributed by atoms with Crippen molar-refractivity contribution in [3.8, 4) is 0 Å². The normalized spacial score (nSPS) is 56.0. The summed E-state index contributed by atoms with van der Waals surface area (Å²) in [5.41, 5.74) is 1.81. The third-order valence-corrected chi connectivity index (χ3v) is 3.14. The molecule has 0 bridgehead atoms. The molecule has 0 heterocycles. The third kappa shape index (κ3) is 0.229. The van der Waals surface area contributed by atoms with Crippen LogP contribution in [0.1, 0.15) is 19.3 Å². The van der Waals surface area contributed by atoms with E-state index in [4.69, 9.17) is 0 Å². The predicted octanol–water partition coefficient (Wildman–Crippen LogP) is 1.97. The van der Waals surface area contributed by atoms with Crippen molar-refractivity contribution in [2.45, 2.75) is 19.3 Å². The van der Waals surface area contributed by atoms with E-state index in [9.17, 15) is 0 Å². The van der Waals surface area contributed by atoms with Gasteiger partial charge >= 0.3 is 0 Å². The van der Waals surface area contributed by atoms with Crippen LogP contribution in [0.4, 0.5) is 0 Å². The van der Waals surface area contributed by atoms with Gasteiger partial charge in [-0.2, -0.15) is 0 Å². The molecule has 2 fully saturated rings. The van der Waals surface area contributed by atoms with Gasteiger partial charge in [-0.25, -0.2) is 0 Å². The average Bonchev–Trinajstić information content (AvgIpc) is 2.33. The molecule has 0 aromatic rings. The van der Waals surface area contributed by atoms with E-state index in [1.54, 1.807) is 0 Å². The minimum Gasteiger partial charge on any atom is -0.0850 e. The summed E-state index contributed by atoms with van der Waals surface area (Å²) in [6.07, 6.45) is 6.87. The molecule has 1 unspecified atom stereocenters. The Morgan fingerprint density at radius 3 is 3.12 bits per heavy atom. The lowest BCUT2D eigenvalue weighted by atomic mass is 9.91.